The predicted octanol–water partition coefficient (Wildman–Crippen LogP) is 3.35. The van der Waals surface area contributed by atoms with Crippen LogP contribution in [0.2, 0.25) is 0 Å². The molecule has 0 aromatic carbocycles. The van der Waals surface area contributed by atoms with Crippen LogP contribution < -0.4 is 5.32 Å². The summed E-state index contributed by atoms with van der Waals surface area (Å²) in [5.41, 5.74) is 0.557. The van der Waals surface area contributed by atoms with Crippen molar-refractivity contribution < 1.29 is 4.92 Å². The zero-order chi connectivity index (χ0) is 13.0. The molecule has 0 unspecified atom stereocenters. The van der Waals surface area contributed by atoms with Crippen LogP contribution in [0.5, 0.6) is 0 Å². The maximum absolute atomic E-state index is 10.9. The Balaban J connectivity index is 2.27. The number of pyridine rings is 1. The molecule has 94 valence electrons. The minimum atomic E-state index is -0.418. The lowest BCUT2D eigenvalue weighted by Gasteiger charge is -2.26. The van der Waals surface area contributed by atoms with E-state index in [-0.39, 0.29) is 5.69 Å². The Morgan fingerprint density at radius 2 is 2.33 bits per heavy atom. The molecule has 0 atom stereocenters. The SMILES string of the molecule is O=[N+]([O-])c1ccc(C#CSI)nc1NC1CCC1. The van der Waals surface area contributed by atoms with E-state index in [0.29, 0.717) is 17.6 Å². The Morgan fingerprint density at radius 1 is 1.56 bits per heavy atom. The first-order valence-corrected chi connectivity index (χ1v) is 8.77. The second kappa shape index (κ2) is 6.24. The van der Waals surface area contributed by atoms with Crippen molar-refractivity contribution >= 4 is 41.6 Å². The zero-order valence-electron chi connectivity index (χ0n) is 9.35. The normalized spacial score (nSPS) is 14.3. The van der Waals surface area contributed by atoms with Gasteiger partial charge in [-0.15, -0.1) is 0 Å². The first kappa shape index (κ1) is 13.4. The molecule has 1 fully saturated rings. The Labute approximate surface area is 121 Å². The number of anilines is 1. The summed E-state index contributed by atoms with van der Waals surface area (Å²) in [5.74, 6) is 3.17. The quantitative estimate of drug-likeness (QED) is 0.380. The van der Waals surface area contributed by atoms with Gasteiger partial charge in [0.1, 0.15) is 5.69 Å². The number of nitrogens with one attached hydrogen (secondary N) is 1. The molecular weight excluding hydrogens is 365 g/mol. The van der Waals surface area contributed by atoms with Crippen LogP contribution in [0.25, 0.3) is 0 Å². The third-order valence-electron chi connectivity index (χ3n) is 2.73. The summed E-state index contributed by atoms with van der Waals surface area (Å²) in [7, 11) is 1.36. The summed E-state index contributed by atoms with van der Waals surface area (Å²) in [6.07, 6.45) is 3.24. The maximum atomic E-state index is 10.9. The van der Waals surface area contributed by atoms with Gasteiger partial charge in [0, 0.05) is 33.3 Å². The molecule has 1 aromatic rings. The highest BCUT2D eigenvalue weighted by molar-refractivity contribution is 14.2. The Bertz CT molecular complexity index is 523. The second-order valence-electron chi connectivity index (χ2n) is 3.90. The van der Waals surface area contributed by atoms with Gasteiger partial charge in [0.25, 0.3) is 0 Å². The Kier molecular flexibility index (Phi) is 4.66. The lowest BCUT2D eigenvalue weighted by Crippen LogP contribution is -2.28. The van der Waals surface area contributed by atoms with E-state index >= 15 is 0 Å². The average Bonchev–Trinajstić information content (AvgIpc) is 2.31. The van der Waals surface area contributed by atoms with Crippen LogP contribution in [0.3, 0.4) is 0 Å². The van der Waals surface area contributed by atoms with Gasteiger partial charge in [0.15, 0.2) is 0 Å². The number of hydrogen-bond acceptors (Lipinski definition) is 5. The molecule has 5 nitrogen and oxygen atoms in total. The van der Waals surface area contributed by atoms with Crippen molar-refractivity contribution in [1.29, 1.82) is 0 Å². The van der Waals surface area contributed by atoms with Gasteiger partial charge in [0.2, 0.25) is 5.82 Å². The Morgan fingerprint density at radius 3 is 2.89 bits per heavy atom. The smallest absolute Gasteiger partial charge is 0.311 e. The third-order valence-corrected chi connectivity index (χ3v) is 3.57. The summed E-state index contributed by atoms with van der Waals surface area (Å²) in [6.45, 7) is 0. The summed E-state index contributed by atoms with van der Waals surface area (Å²) < 4.78 is 0. The van der Waals surface area contributed by atoms with Gasteiger partial charge < -0.3 is 5.32 Å². The van der Waals surface area contributed by atoms with Gasteiger partial charge in [-0.2, -0.15) is 0 Å². The number of hydrogen-bond donors (Lipinski definition) is 1. The topological polar surface area (TPSA) is 68.1 Å². The van der Waals surface area contributed by atoms with E-state index in [2.05, 4.69) is 42.7 Å². The zero-order valence-corrected chi connectivity index (χ0v) is 12.3. The van der Waals surface area contributed by atoms with E-state index in [4.69, 9.17) is 0 Å². The monoisotopic (exact) mass is 375 g/mol. The highest BCUT2D eigenvalue weighted by Crippen LogP contribution is 2.28. The van der Waals surface area contributed by atoms with Crippen LogP contribution >= 0.6 is 30.1 Å². The van der Waals surface area contributed by atoms with E-state index in [1.165, 1.54) is 15.0 Å². The van der Waals surface area contributed by atoms with E-state index < -0.39 is 4.92 Å². The third kappa shape index (κ3) is 3.26. The van der Waals surface area contributed by atoms with Crippen molar-refractivity contribution in [1.82, 2.24) is 4.98 Å². The minimum Gasteiger partial charge on any atom is -0.362 e. The van der Waals surface area contributed by atoms with E-state index in [0.717, 1.165) is 19.3 Å². The number of aromatic nitrogens is 1. The molecule has 1 N–H and O–H groups in total. The fraction of sp³-hybridized carbons (Fsp3) is 0.364. The van der Waals surface area contributed by atoms with Gasteiger partial charge in [-0.3, -0.25) is 10.1 Å². The molecule has 0 amide bonds. The maximum Gasteiger partial charge on any atom is 0.311 e. The van der Waals surface area contributed by atoms with Gasteiger partial charge >= 0.3 is 5.69 Å². The number of rotatable bonds is 3. The number of nitrogens with zero attached hydrogens (tertiary/aromatic N) is 2. The summed E-state index contributed by atoms with van der Waals surface area (Å²) >= 11 is 2.07. The van der Waals surface area contributed by atoms with Crippen molar-refractivity contribution in [3.8, 4) is 11.2 Å². The van der Waals surface area contributed by atoms with Gasteiger partial charge in [0.05, 0.1) is 4.92 Å². The molecule has 0 aliphatic heterocycles. The summed E-state index contributed by atoms with van der Waals surface area (Å²) in [5, 5.41) is 16.8. The fourth-order valence-corrected chi connectivity index (χ4v) is 2.07. The van der Waals surface area contributed by atoms with Crippen LogP contribution in [-0.2, 0) is 0 Å². The molecule has 2 rings (SSSR count). The molecule has 0 bridgehead atoms. The van der Waals surface area contributed by atoms with Gasteiger partial charge in [-0.05, 0) is 45.4 Å². The molecule has 0 spiro atoms. The van der Waals surface area contributed by atoms with Crippen LogP contribution in [0.1, 0.15) is 25.0 Å². The first-order valence-electron chi connectivity index (χ1n) is 5.41. The van der Waals surface area contributed by atoms with E-state index in [1.807, 2.05) is 0 Å². The van der Waals surface area contributed by atoms with E-state index in [9.17, 15) is 10.1 Å². The minimum absolute atomic E-state index is 0.00887. The number of nitro groups is 1. The van der Waals surface area contributed by atoms with Crippen molar-refractivity contribution in [3.63, 3.8) is 0 Å². The van der Waals surface area contributed by atoms with Crippen molar-refractivity contribution in [2.24, 2.45) is 0 Å². The van der Waals surface area contributed by atoms with Gasteiger partial charge in [-0.1, -0.05) is 0 Å². The molecule has 1 heterocycles. The summed E-state index contributed by atoms with van der Waals surface area (Å²) in [4.78, 5) is 14.7. The van der Waals surface area contributed by atoms with Crippen molar-refractivity contribution in [2.45, 2.75) is 25.3 Å². The molecule has 1 aliphatic carbocycles. The molecule has 0 saturated heterocycles. The molecular formula is C11H10IN3O2S. The van der Waals surface area contributed by atoms with Crippen LogP contribution in [0.15, 0.2) is 12.1 Å². The average molecular weight is 375 g/mol. The highest BCUT2D eigenvalue weighted by Gasteiger charge is 2.22. The van der Waals surface area contributed by atoms with Crippen LogP contribution in [0, 0.1) is 21.3 Å². The molecule has 1 aliphatic rings. The van der Waals surface area contributed by atoms with Crippen molar-refractivity contribution in [2.75, 3.05) is 5.32 Å². The summed E-state index contributed by atoms with van der Waals surface area (Å²) in [6, 6.07) is 3.33. The first-order chi connectivity index (χ1) is 8.70. The molecule has 7 heteroatoms. The second-order valence-corrected chi connectivity index (χ2v) is 5.58. The lowest BCUT2D eigenvalue weighted by atomic mass is 9.93. The van der Waals surface area contributed by atoms with Crippen LogP contribution in [-0.4, -0.2) is 15.9 Å². The standard InChI is InChI=1S/C11H10IN3O2S/c12-18-7-6-9-4-5-10(15(16)17)11(14-9)13-8-2-1-3-8/h4-5,8H,1-3H2,(H,13,14). The lowest BCUT2D eigenvalue weighted by molar-refractivity contribution is -0.384. The largest absolute Gasteiger partial charge is 0.362 e. The molecule has 1 aromatic heterocycles. The Hall–Kier alpha value is -1.01. The van der Waals surface area contributed by atoms with E-state index in [1.54, 1.807) is 6.07 Å². The number of halogens is 1. The molecule has 0 radical (unpaired) electrons. The fourth-order valence-electron chi connectivity index (χ4n) is 1.59. The van der Waals surface area contributed by atoms with Crippen LogP contribution in [0.4, 0.5) is 11.5 Å². The van der Waals surface area contributed by atoms with Crippen molar-refractivity contribution in [3.05, 3.63) is 27.9 Å². The predicted molar refractivity (Wildman–Crippen MR) is 80.6 cm³/mol. The highest BCUT2D eigenvalue weighted by atomic mass is 127. The van der Waals surface area contributed by atoms with Gasteiger partial charge in [-0.25, -0.2) is 4.98 Å². The molecule has 1 saturated carbocycles. The molecule has 18 heavy (non-hydrogen) atoms.